The van der Waals surface area contributed by atoms with Crippen LogP contribution in [0.5, 0.6) is 0 Å². The van der Waals surface area contributed by atoms with Crippen LogP contribution in [0.1, 0.15) is 88.2 Å². The predicted octanol–water partition coefficient (Wildman–Crippen LogP) is 7.55. The van der Waals surface area contributed by atoms with Crippen molar-refractivity contribution in [1.29, 1.82) is 0 Å². The van der Waals surface area contributed by atoms with Gasteiger partial charge in [0.1, 0.15) is 11.6 Å². The molecule has 0 aliphatic heterocycles. The quantitative estimate of drug-likeness (QED) is 0.329. The van der Waals surface area contributed by atoms with Gasteiger partial charge in [0.2, 0.25) is 0 Å². The van der Waals surface area contributed by atoms with Crippen LogP contribution >= 0.6 is 0 Å². The lowest BCUT2D eigenvalue weighted by Crippen LogP contribution is -2.25. The summed E-state index contributed by atoms with van der Waals surface area (Å²) in [5.74, 6) is 2.00. The van der Waals surface area contributed by atoms with Gasteiger partial charge in [-0.1, -0.05) is 38.7 Å². The van der Waals surface area contributed by atoms with Crippen molar-refractivity contribution in [3.05, 3.63) is 47.5 Å². The van der Waals surface area contributed by atoms with Crippen LogP contribution in [0.15, 0.2) is 24.8 Å². The molecule has 2 fully saturated rings. The van der Waals surface area contributed by atoms with Gasteiger partial charge in [0.25, 0.3) is 0 Å². The third-order valence-corrected chi connectivity index (χ3v) is 7.14. The van der Waals surface area contributed by atoms with E-state index in [1.165, 1.54) is 63.5 Å². The molecule has 0 spiro atoms. The van der Waals surface area contributed by atoms with E-state index >= 15 is 0 Å². The molecule has 0 radical (unpaired) electrons. The Balaban J connectivity index is 1.53. The van der Waals surface area contributed by atoms with Gasteiger partial charge in [-0.2, -0.15) is 0 Å². The topological polar surface area (TPSA) is 9.23 Å². The van der Waals surface area contributed by atoms with Gasteiger partial charge in [-0.3, -0.25) is 0 Å². The molecule has 0 N–H and O–H groups in total. The Morgan fingerprint density at radius 1 is 0.964 bits per heavy atom. The van der Waals surface area contributed by atoms with E-state index in [1.54, 1.807) is 6.08 Å². The summed E-state index contributed by atoms with van der Waals surface area (Å²) in [6.07, 6.45) is 14.4. The first-order chi connectivity index (χ1) is 13.6. The molecule has 1 aromatic carbocycles. The Morgan fingerprint density at radius 2 is 1.54 bits per heavy atom. The summed E-state index contributed by atoms with van der Waals surface area (Å²) in [5.41, 5.74) is 0.857. The SMILES string of the molecule is C=CCOCc1c(F)cc(C2CCC(C3CCC(CCC)CC3)CC2)cc1F. The smallest absolute Gasteiger partial charge is 0.131 e. The molecule has 0 bridgehead atoms. The van der Waals surface area contributed by atoms with E-state index in [4.69, 9.17) is 4.74 Å². The zero-order chi connectivity index (χ0) is 19.9. The molecular weight excluding hydrogens is 354 g/mol. The molecule has 1 nitrogen and oxygen atoms in total. The standard InChI is InChI=1S/C25H36F2O/c1-3-5-18-6-8-19(9-7-18)20-10-12-21(13-11-20)22-15-24(26)23(25(27)16-22)17-28-14-4-2/h4,15-16,18-21H,2-3,5-14,17H2,1H3. The summed E-state index contributed by atoms with van der Waals surface area (Å²) in [4.78, 5) is 0. The average Bonchev–Trinajstić information content (AvgIpc) is 2.71. The average molecular weight is 391 g/mol. The first-order valence-corrected chi connectivity index (χ1v) is 11.3. The highest BCUT2D eigenvalue weighted by molar-refractivity contribution is 5.28. The van der Waals surface area contributed by atoms with Crippen LogP contribution in [0.25, 0.3) is 0 Å². The predicted molar refractivity (Wildman–Crippen MR) is 111 cm³/mol. The Bertz CT molecular complexity index is 602. The minimum Gasteiger partial charge on any atom is -0.373 e. The summed E-state index contributed by atoms with van der Waals surface area (Å²) < 4.78 is 34.1. The van der Waals surface area contributed by atoms with Crippen LogP contribution in [0.4, 0.5) is 8.78 Å². The van der Waals surface area contributed by atoms with Crippen LogP contribution in [0, 0.1) is 29.4 Å². The molecule has 0 saturated heterocycles. The van der Waals surface area contributed by atoms with Crippen molar-refractivity contribution >= 4 is 0 Å². The molecular formula is C25H36F2O. The minimum atomic E-state index is -0.476. The second-order valence-electron chi connectivity index (χ2n) is 8.95. The highest BCUT2D eigenvalue weighted by atomic mass is 19.1. The van der Waals surface area contributed by atoms with Crippen molar-refractivity contribution in [1.82, 2.24) is 0 Å². The lowest BCUT2D eigenvalue weighted by molar-refractivity contribution is 0.142. The van der Waals surface area contributed by atoms with E-state index in [0.29, 0.717) is 12.5 Å². The maximum Gasteiger partial charge on any atom is 0.131 e. The Labute approximate surface area is 169 Å². The van der Waals surface area contributed by atoms with Crippen LogP contribution < -0.4 is 0 Å². The van der Waals surface area contributed by atoms with E-state index < -0.39 is 11.6 Å². The maximum atomic E-state index is 14.4. The van der Waals surface area contributed by atoms with Gasteiger partial charge in [-0.05, 0) is 79.9 Å². The van der Waals surface area contributed by atoms with Gasteiger partial charge in [-0.15, -0.1) is 6.58 Å². The second-order valence-corrected chi connectivity index (χ2v) is 8.95. The number of halogens is 2. The fraction of sp³-hybridized carbons (Fsp3) is 0.680. The fourth-order valence-corrected chi connectivity index (χ4v) is 5.52. The normalized spacial score (nSPS) is 28.2. The van der Waals surface area contributed by atoms with Crippen molar-refractivity contribution < 1.29 is 13.5 Å². The van der Waals surface area contributed by atoms with Crippen LogP contribution in [0.3, 0.4) is 0 Å². The monoisotopic (exact) mass is 390 g/mol. The Kier molecular flexibility index (Phi) is 8.08. The third-order valence-electron chi connectivity index (χ3n) is 7.14. The van der Waals surface area contributed by atoms with E-state index in [1.807, 2.05) is 0 Å². The van der Waals surface area contributed by atoms with Crippen molar-refractivity contribution in [2.24, 2.45) is 17.8 Å². The summed E-state index contributed by atoms with van der Waals surface area (Å²) >= 11 is 0. The molecule has 156 valence electrons. The summed E-state index contributed by atoms with van der Waals surface area (Å²) in [6.45, 7) is 6.10. The van der Waals surface area contributed by atoms with Crippen LogP contribution in [-0.4, -0.2) is 6.61 Å². The number of ether oxygens (including phenoxy) is 1. The fourth-order valence-electron chi connectivity index (χ4n) is 5.52. The molecule has 2 aliphatic rings. The second kappa shape index (κ2) is 10.5. The molecule has 2 aliphatic carbocycles. The van der Waals surface area contributed by atoms with E-state index in [0.717, 1.165) is 36.2 Å². The summed E-state index contributed by atoms with van der Waals surface area (Å²) in [5, 5.41) is 0. The number of rotatable bonds is 8. The first kappa shape index (κ1) is 21.5. The molecule has 3 heteroatoms. The summed E-state index contributed by atoms with van der Waals surface area (Å²) in [6, 6.07) is 3.08. The van der Waals surface area contributed by atoms with Crippen molar-refractivity contribution in [3.63, 3.8) is 0 Å². The molecule has 0 amide bonds. The molecule has 0 aromatic heterocycles. The van der Waals surface area contributed by atoms with Crippen molar-refractivity contribution in [2.75, 3.05) is 6.61 Å². The molecule has 3 rings (SSSR count). The molecule has 0 heterocycles. The molecule has 2 saturated carbocycles. The van der Waals surface area contributed by atoms with Crippen molar-refractivity contribution in [3.8, 4) is 0 Å². The zero-order valence-electron chi connectivity index (χ0n) is 17.4. The number of hydrogen-bond donors (Lipinski definition) is 0. The zero-order valence-corrected chi connectivity index (χ0v) is 17.4. The molecule has 0 unspecified atom stereocenters. The Morgan fingerprint density at radius 3 is 2.07 bits per heavy atom. The van der Waals surface area contributed by atoms with Crippen LogP contribution in [0.2, 0.25) is 0 Å². The van der Waals surface area contributed by atoms with Crippen LogP contribution in [-0.2, 0) is 11.3 Å². The molecule has 0 atom stereocenters. The maximum absolute atomic E-state index is 14.4. The van der Waals surface area contributed by atoms with Gasteiger partial charge in [0.15, 0.2) is 0 Å². The minimum absolute atomic E-state index is 0.0307. The van der Waals surface area contributed by atoms with Gasteiger partial charge >= 0.3 is 0 Å². The highest BCUT2D eigenvalue weighted by Gasteiger charge is 2.31. The Hall–Kier alpha value is -1.22. The lowest BCUT2D eigenvalue weighted by Gasteiger charge is -2.38. The molecule has 28 heavy (non-hydrogen) atoms. The third kappa shape index (κ3) is 5.43. The van der Waals surface area contributed by atoms with Gasteiger partial charge in [-0.25, -0.2) is 8.78 Å². The highest BCUT2D eigenvalue weighted by Crippen LogP contribution is 2.44. The van der Waals surface area contributed by atoms with E-state index in [-0.39, 0.29) is 12.2 Å². The van der Waals surface area contributed by atoms with Gasteiger partial charge in [0, 0.05) is 5.56 Å². The van der Waals surface area contributed by atoms with E-state index in [9.17, 15) is 8.78 Å². The number of hydrogen-bond acceptors (Lipinski definition) is 1. The van der Waals surface area contributed by atoms with Gasteiger partial charge < -0.3 is 4.74 Å². The number of benzene rings is 1. The lowest BCUT2D eigenvalue weighted by atomic mass is 9.68. The van der Waals surface area contributed by atoms with E-state index in [2.05, 4.69) is 13.5 Å². The molecule has 1 aromatic rings. The summed E-state index contributed by atoms with van der Waals surface area (Å²) in [7, 11) is 0. The first-order valence-electron chi connectivity index (χ1n) is 11.3. The largest absolute Gasteiger partial charge is 0.373 e. The van der Waals surface area contributed by atoms with Crippen molar-refractivity contribution in [2.45, 2.75) is 83.7 Å². The van der Waals surface area contributed by atoms with Gasteiger partial charge in [0.05, 0.1) is 13.2 Å².